The number of benzene rings is 1. The van der Waals surface area contributed by atoms with Crippen LogP contribution in [0.15, 0.2) is 29.6 Å². The molecule has 5 heteroatoms. The van der Waals surface area contributed by atoms with Crippen LogP contribution in [0.5, 0.6) is 5.75 Å². The maximum atomic E-state index is 5.84. The zero-order chi connectivity index (χ0) is 13.8. The van der Waals surface area contributed by atoms with Gasteiger partial charge < -0.3 is 4.74 Å². The van der Waals surface area contributed by atoms with Crippen LogP contribution in [0.4, 0.5) is 0 Å². The zero-order valence-corrected chi connectivity index (χ0v) is 12.2. The van der Waals surface area contributed by atoms with Crippen LogP contribution in [0.3, 0.4) is 0 Å². The molecule has 0 amide bonds. The Bertz CT molecular complexity index is 539. The number of hydrogen-bond acceptors (Lipinski definition) is 5. The van der Waals surface area contributed by atoms with Gasteiger partial charge in [-0.3, -0.25) is 5.84 Å². The summed E-state index contributed by atoms with van der Waals surface area (Å²) in [5.41, 5.74) is 4.75. The van der Waals surface area contributed by atoms with Crippen molar-refractivity contribution < 1.29 is 4.74 Å². The Morgan fingerprint density at radius 1 is 1.32 bits per heavy atom. The molecule has 0 aliphatic carbocycles. The first-order valence-corrected chi connectivity index (χ1v) is 7.13. The molecular formula is C14H19N3OS. The molecular weight excluding hydrogens is 258 g/mol. The molecule has 0 fully saturated rings. The summed E-state index contributed by atoms with van der Waals surface area (Å²) in [5, 5.41) is 3.05. The summed E-state index contributed by atoms with van der Waals surface area (Å²) in [6, 6.07) is 7.75. The molecule has 0 aliphatic rings. The van der Waals surface area contributed by atoms with Gasteiger partial charge in [-0.15, -0.1) is 11.3 Å². The van der Waals surface area contributed by atoms with Crippen LogP contribution >= 0.6 is 11.3 Å². The summed E-state index contributed by atoms with van der Waals surface area (Å²) in [5.74, 6) is 6.54. The van der Waals surface area contributed by atoms with Crippen LogP contribution < -0.4 is 16.0 Å². The van der Waals surface area contributed by atoms with Gasteiger partial charge in [-0.2, -0.15) is 0 Å². The Morgan fingerprint density at radius 2 is 2.05 bits per heavy atom. The van der Waals surface area contributed by atoms with Crippen LogP contribution in [0.1, 0.15) is 36.2 Å². The molecule has 1 atom stereocenters. The fourth-order valence-electron chi connectivity index (χ4n) is 1.93. The van der Waals surface area contributed by atoms with Crippen molar-refractivity contribution in [1.82, 2.24) is 10.4 Å². The number of para-hydroxylation sites is 1. The minimum atomic E-state index is -0.153. The molecule has 2 aromatic rings. The first-order chi connectivity index (χ1) is 9.11. The van der Waals surface area contributed by atoms with Gasteiger partial charge in [-0.1, -0.05) is 18.2 Å². The van der Waals surface area contributed by atoms with Crippen LogP contribution in [-0.4, -0.2) is 11.1 Å². The van der Waals surface area contributed by atoms with Crippen molar-refractivity contribution >= 4 is 11.3 Å². The lowest BCUT2D eigenvalue weighted by molar-refractivity contribution is 0.238. The lowest BCUT2D eigenvalue weighted by Gasteiger charge is -2.20. The highest BCUT2D eigenvalue weighted by atomic mass is 32.1. The largest absolute Gasteiger partial charge is 0.491 e. The highest BCUT2D eigenvalue weighted by Gasteiger charge is 2.19. The number of hydrogen-bond donors (Lipinski definition) is 2. The highest BCUT2D eigenvalue weighted by Crippen LogP contribution is 2.30. The number of thiazole rings is 1. The van der Waals surface area contributed by atoms with E-state index in [-0.39, 0.29) is 12.1 Å². The number of rotatable bonds is 5. The monoisotopic (exact) mass is 277 g/mol. The van der Waals surface area contributed by atoms with Crippen LogP contribution in [0.2, 0.25) is 0 Å². The highest BCUT2D eigenvalue weighted by molar-refractivity contribution is 7.09. The van der Waals surface area contributed by atoms with E-state index in [2.05, 4.69) is 10.4 Å². The van der Waals surface area contributed by atoms with E-state index in [9.17, 15) is 0 Å². The molecule has 0 saturated heterocycles. The molecule has 0 aliphatic heterocycles. The van der Waals surface area contributed by atoms with Crippen molar-refractivity contribution in [1.29, 1.82) is 0 Å². The third-order valence-corrected chi connectivity index (χ3v) is 3.48. The third kappa shape index (κ3) is 3.32. The van der Waals surface area contributed by atoms with Crippen LogP contribution in [0.25, 0.3) is 0 Å². The van der Waals surface area contributed by atoms with Gasteiger partial charge in [0, 0.05) is 10.9 Å². The molecule has 1 unspecified atom stereocenters. The Hall–Kier alpha value is -1.43. The fraction of sp³-hybridized carbons (Fsp3) is 0.357. The average Bonchev–Trinajstić information content (AvgIpc) is 2.78. The van der Waals surface area contributed by atoms with Gasteiger partial charge in [0.1, 0.15) is 5.75 Å². The second kappa shape index (κ2) is 6.14. The molecule has 1 heterocycles. The van der Waals surface area contributed by atoms with Crippen molar-refractivity contribution in [3.8, 4) is 5.75 Å². The maximum Gasteiger partial charge on any atom is 0.124 e. The van der Waals surface area contributed by atoms with Gasteiger partial charge in [-0.05, 0) is 26.8 Å². The van der Waals surface area contributed by atoms with E-state index in [0.29, 0.717) is 0 Å². The SMILES string of the molecule is Cc1nc(C(NN)c2ccccc2OC(C)C)cs1. The number of nitrogens with one attached hydrogen (secondary N) is 1. The van der Waals surface area contributed by atoms with E-state index in [0.717, 1.165) is 22.0 Å². The normalized spacial score (nSPS) is 12.7. The molecule has 0 radical (unpaired) electrons. The van der Waals surface area contributed by atoms with Gasteiger partial charge in [0.25, 0.3) is 0 Å². The molecule has 1 aromatic heterocycles. The fourth-order valence-corrected chi connectivity index (χ4v) is 2.57. The minimum absolute atomic E-state index is 0.122. The molecule has 2 rings (SSSR count). The second-order valence-corrected chi connectivity index (χ2v) is 5.66. The van der Waals surface area contributed by atoms with Gasteiger partial charge in [0.05, 0.1) is 22.8 Å². The molecule has 0 bridgehead atoms. The maximum absolute atomic E-state index is 5.84. The van der Waals surface area contributed by atoms with Gasteiger partial charge in [0.15, 0.2) is 0 Å². The van der Waals surface area contributed by atoms with Crippen molar-refractivity contribution in [2.24, 2.45) is 5.84 Å². The van der Waals surface area contributed by atoms with Crippen molar-refractivity contribution in [2.45, 2.75) is 32.9 Å². The molecule has 3 N–H and O–H groups in total. The number of ether oxygens (including phenoxy) is 1. The molecule has 0 spiro atoms. The summed E-state index contributed by atoms with van der Waals surface area (Å²) >= 11 is 1.62. The Morgan fingerprint density at radius 3 is 2.63 bits per heavy atom. The number of hydrazine groups is 1. The number of aryl methyl sites for hydroxylation is 1. The first kappa shape index (κ1) is 14.0. The topological polar surface area (TPSA) is 60.2 Å². The zero-order valence-electron chi connectivity index (χ0n) is 11.4. The Balaban J connectivity index is 2.38. The molecule has 19 heavy (non-hydrogen) atoms. The Kier molecular flexibility index (Phi) is 4.52. The van der Waals surface area contributed by atoms with Crippen LogP contribution in [-0.2, 0) is 0 Å². The predicted octanol–water partition coefficient (Wildman–Crippen LogP) is 2.79. The summed E-state index contributed by atoms with van der Waals surface area (Å²) in [6.45, 7) is 6.00. The number of nitrogens with two attached hydrogens (primary N) is 1. The molecule has 4 nitrogen and oxygen atoms in total. The van der Waals surface area contributed by atoms with Crippen molar-refractivity contribution in [3.63, 3.8) is 0 Å². The smallest absolute Gasteiger partial charge is 0.124 e. The minimum Gasteiger partial charge on any atom is -0.491 e. The lowest BCUT2D eigenvalue weighted by Crippen LogP contribution is -2.29. The first-order valence-electron chi connectivity index (χ1n) is 6.25. The van der Waals surface area contributed by atoms with E-state index in [1.807, 2.05) is 50.4 Å². The molecule has 0 saturated carbocycles. The summed E-state index contributed by atoms with van der Waals surface area (Å²) in [6.07, 6.45) is 0.122. The van der Waals surface area contributed by atoms with Gasteiger partial charge in [-0.25, -0.2) is 10.4 Å². The van der Waals surface area contributed by atoms with E-state index in [1.165, 1.54) is 0 Å². The van der Waals surface area contributed by atoms with E-state index >= 15 is 0 Å². The Labute approximate surface area is 117 Å². The average molecular weight is 277 g/mol. The second-order valence-electron chi connectivity index (χ2n) is 4.60. The molecule has 102 valence electrons. The quantitative estimate of drug-likeness (QED) is 0.651. The number of aromatic nitrogens is 1. The third-order valence-electron chi connectivity index (χ3n) is 2.69. The standard InChI is InChI=1S/C14H19N3OS/c1-9(2)18-13-7-5-4-6-11(13)14(17-15)12-8-19-10(3)16-12/h4-9,14,17H,15H2,1-3H3. The molecule has 1 aromatic carbocycles. The van der Waals surface area contributed by atoms with Crippen LogP contribution in [0, 0.1) is 6.92 Å². The van der Waals surface area contributed by atoms with E-state index < -0.39 is 0 Å². The summed E-state index contributed by atoms with van der Waals surface area (Å²) < 4.78 is 5.84. The van der Waals surface area contributed by atoms with Gasteiger partial charge >= 0.3 is 0 Å². The van der Waals surface area contributed by atoms with Crippen molar-refractivity contribution in [3.05, 3.63) is 45.9 Å². The van der Waals surface area contributed by atoms with Crippen molar-refractivity contribution in [2.75, 3.05) is 0 Å². The van der Waals surface area contributed by atoms with Gasteiger partial charge in [0.2, 0.25) is 0 Å². The number of nitrogens with zero attached hydrogens (tertiary/aromatic N) is 1. The van der Waals surface area contributed by atoms with E-state index in [4.69, 9.17) is 10.6 Å². The summed E-state index contributed by atoms with van der Waals surface area (Å²) in [7, 11) is 0. The predicted molar refractivity (Wildman–Crippen MR) is 78.2 cm³/mol. The van der Waals surface area contributed by atoms with E-state index in [1.54, 1.807) is 11.3 Å². The lowest BCUT2D eigenvalue weighted by atomic mass is 10.0. The summed E-state index contributed by atoms with van der Waals surface area (Å²) in [4.78, 5) is 4.50.